The molecule has 1 amide bonds. The summed E-state index contributed by atoms with van der Waals surface area (Å²) in [5.74, 6) is -0.444. The van der Waals surface area contributed by atoms with Gasteiger partial charge in [-0.2, -0.15) is 0 Å². The first kappa shape index (κ1) is 14.5. The van der Waals surface area contributed by atoms with Gasteiger partial charge in [-0.3, -0.25) is 9.59 Å². The summed E-state index contributed by atoms with van der Waals surface area (Å²) >= 11 is 5.95. The smallest absolute Gasteiger partial charge is 0.305 e. The molecule has 0 aromatic heterocycles. The van der Waals surface area contributed by atoms with Gasteiger partial charge in [-0.15, -0.1) is 0 Å². The van der Waals surface area contributed by atoms with Crippen LogP contribution >= 0.6 is 11.6 Å². The highest BCUT2D eigenvalue weighted by atomic mass is 35.5. The highest BCUT2D eigenvalue weighted by Crippen LogP contribution is 2.20. The number of carbonyl (C=O) groups excluding carboxylic acids is 2. The summed E-state index contributed by atoms with van der Waals surface area (Å²) in [6.45, 7) is 1.89. The molecule has 0 atom stereocenters. The van der Waals surface area contributed by atoms with Crippen LogP contribution in [0.15, 0.2) is 18.2 Å². The Bertz CT molecular complexity index is 446. The third kappa shape index (κ3) is 4.75. The monoisotopic (exact) mass is 269 g/mol. The molecule has 0 spiro atoms. The van der Waals surface area contributed by atoms with Gasteiger partial charge in [0, 0.05) is 23.6 Å². The fourth-order valence-electron chi connectivity index (χ4n) is 1.39. The van der Waals surface area contributed by atoms with Gasteiger partial charge in [-0.1, -0.05) is 17.7 Å². The minimum absolute atomic E-state index is 0.140. The molecule has 0 aliphatic rings. The quantitative estimate of drug-likeness (QED) is 0.836. The van der Waals surface area contributed by atoms with Crippen LogP contribution in [-0.4, -0.2) is 19.0 Å². The number of aryl methyl sites for hydroxylation is 1. The number of methoxy groups -OCH3 is 1. The molecule has 1 N–H and O–H groups in total. The summed E-state index contributed by atoms with van der Waals surface area (Å²) in [6, 6.07) is 5.33. The Hall–Kier alpha value is -1.55. The third-order valence-electron chi connectivity index (χ3n) is 2.47. The van der Waals surface area contributed by atoms with Crippen molar-refractivity contribution in [2.45, 2.75) is 26.2 Å². The van der Waals surface area contributed by atoms with Gasteiger partial charge in [0.2, 0.25) is 5.91 Å². The maximum absolute atomic E-state index is 11.6. The van der Waals surface area contributed by atoms with Crippen molar-refractivity contribution in [3.63, 3.8) is 0 Å². The number of halogens is 1. The highest BCUT2D eigenvalue weighted by Gasteiger charge is 2.06. The molecule has 0 saturated heterocycles. The molecule has 18 heavy (non-hydrogen) atoms. The maximum atomic E-state index is 11.6. The van der Waals surface area contributed by atoms with Crippen molar-refractivity contribution in [3.05, 3.63) is 28.8 Å². The summed E-state index contributed by atoms with van der Waals surface area (Å²) < 4.78 is 4.49. The number of hydrogen-bond acceptors (Lipinski definition) is 3. The SMILES string of the molecule is COC(=O)CCCC(=O)Nc1ccc(C)c(Cl)c1. The van der Waals surface area contributed by atoms with Crippen LogP contribution in [0.5, 0.6) is 0 Å². The molecule has 98 valence electrons. The summed E-state index contributed by atoms with van der Waals surface area (Å²) in [6.07, 6.45) is 0.997. The number of rotatable bonds is 5. The Labute approximate surface area is 111 Å². The first-order chi connectivity index (χ1) is 8.52. The zero-order valence-electron chi connectivity index (χ0n) is 10.5. The van der Waals surface area contributed by atoms with Gasteiger partial charge < -0.3 is 10.1 Å². The zero-order valence-corrected chi connectivity index (χ0v) is 11.2. The molecular weight excluding hydrogens is 254 g/mol. The van der Waals surface area contributed by atoms with Crippen LogP contribution in [0.3, 0.4) is 0 Å². The van der Waals surface area contributed by atoms with Crippen LogP contribution in [0.2, 0.25) is 5.02 Å². The van der Waals surface area contributed by atoms with Crippen LogP contribution < -0.4 is 5.32 Å². The van der Waals surface area contributed by atoms with Crippen LogP contribution in [-0.2, 0) is 14.3 Å². The van der Waals surface area contributed by atoms with E-state index >= 15 is 0 Å². The van der Waals surface area contributed by atoms with Crippen LogP contribution in [0.1, 0.15) is 24.8 Å². The summed E-state index contributed by atoms with van der Waals surface area (Å²) in [5.41, 5.74) is 1.62. The molecule has 0 saturated carbocycles. The summed E-state index contributed by atoms with van der Waals surface area (Å²) in [7, 11) is 1.33. The molecule has 0 heterocycles. The highest BCUT2D eigenvalue weighted by molar-refractivity contribution is 6.31. The average Bonchev–Trinajstić information content (AvgIpc) is 2.33. The largest absolute Gasteiger partial charge is 0.469 e. The molecule has 5 heteroatoms. The summed E-state index contributed by atoms with van der Waals surface area (Å²) in [5, 5.41) is 3.34. The number of carbonyl (C=O) groups is 2. The first-order valence-corrected chi connectivity index (χ1v) is 6.03. The van der Waals surface area contributed by atoms with Crippen molar-refractivity contribution in [1.82, 2.24) is 0 Å². The number of nitrogens with one attached hydrogen (secondary N) is 1. The number of esters is 1. The van der Waals surface area contributed by atoms with Crippen molar-refractivity contribution in [2.24, 2.45) is 0 Å². The van der Waals surface area contributed by atoms with E-state index in [0.29, 0.717) is 17.1 Å². The van der Waals surface area contributed by atoms with E-state index in [1.807, 2.05) is 13.0 Å². The van der Waals surface area contributed by atoms with Gasteiger partial charge in [0.1, 0.15) is 0 Å². The Morgan fingerprint density at radius 2 is 2.06 bits per heavy atom. The van der Waals surface area contributed by atoms with Crippen molar-refractivity contribution < 1.29 is 14.3 Å². The molecule has 0 aliphatic carbocycles. The van der Waals surface area contributed by atoms with E-state index < -0.39 is 0 Å². The lowest BCUT2D eigenvalue weighted by Gasteiger charge is -2.06. The summed E-state index contributed by atoms with van der Waals surface area (Å²) in [4.78, 5) is 22.4. The molecule has 1 aromatic rings. The van der Waals surface area contributed by atoms with E-state index in [4.69, 9.17) is 11.6 Å². The number of benzene rings is 1. The molecule has 1 aromatic carbocycles. The molecule has 0 radical (unpaired) electrons. The van der Waals surface area contributed by atoms with Gasteiger partial charge in [0.15, 0.2) is 0 Å². The third-order valence-corrected chi connectivity index (χ3v) is 2.88. The van der Waals surface area contributed by atoms with Gasteiger partial charge in [-0.05, 0) is 31.0 Å². The minimum atomic E-state index is -0.304. The van der Waals surface area contributed by atoms with Gasteiger partial charge in [0.25, 0.3) is 0 Å². The number of hydrogen-bond donors (Lipinski definition) is 1. The van der Waals surface area contributed by atoms with E-state index in [1.165, 1.54) is 7.11 Å². The average molecular weight is 270 g/mol. The standard InChI is InChI=1S/C13H16ClNO3/c1-9-6-7-10(8-11(9)14)15-12(16)4-3-5-13(17)18-2/h6-8H,3-5H2,1-2H3,(H,15,16). The van der Waals surface area contributed by atoms with Crippen LogP contribution in [0, 0.1) is 6.92 Å². The molecule has 0 unspecified atom stereocenters. The van der Waals surface area contributed by atoms with Gasteiger partial charge in [-0.25, -0.2) is 0 Å². The van der Waals surface area contributed by atoms with E-state index in [9.17, 15) is 9.59 Å². The van der Waals surface area contributed by atoms with E-state index in [-0.39, 0.29) is 24.7 Å². The Balaban J connectivity index is 2.40. The predicted molar refractivity (Wildman–Crippen MR) is 70.7 cm³/mol. The molecule has 0 aliphatic heterocycles. The van der Waals surface area contributed by atoms with E-state index in [2.05, 4.69) is 10.1 Å². The normalized spacial score (nSPS) is 9.94. The second kappa shape index (κ2) is 7.01. The lowest BCUT2D eigenvalue weighted by Crippen LogP contribution is -2.12. The fraction of sp³-hybridized carbons (Fsp3) is 0.385. The second-order valence-electron chi connectivity index (χ2n) is 3.94. The minimum Gasteiger partial charge on any atom is -0.469 e. The number of anilines is 1. The Morgan fingerprint density at radius 1 is 1.33 bits per heavy atom. The topological polar surface area (TPSA) is 55.4 Å². The molecule has 4 nitrogen and oxygen atoms in total. The zero-order chi connectivity index (χ0) is 13.5. The lowest BCUT2D eigenvalue weighted by atomic mass is 10.2. The van der Waals surface area contributed by atoms with Gasteiger partial charge >= 0.3 is 5.97 Å². The van der Waals surface area contributed by atoms with E-state index in [0.717, 1.165) is 5.56 Å². The number of ether oxygens (including phenoxy) is 1. The second-order valence-corrected chi connectivity index (χ2v) is 4.35. The predicted octanol–water partition coefficient (Wildman–Crippen LogP) is 2.93. The maximum Gasteiger partial charge on any atom is 0.305 e. The van der Waals surface area contributed by atoms with Crippen molar-refractivity contribution in [3.8, 4) is 0 Å². The van der Waals surface area contributed by atoms with Gasteiger partial charge in [0.05, 0.1) is 7.11 Å². The fourth-order valence-corrected chi connectivity index (χ4v) is 1.57. The van der Waals surface area contributed by atoms with Crippen LogP contribution in [0.4, 0.5) is 5.69 Å². The molecule has 0 bridgehead atoms. The Morgan fingerprint density at radius 3 is 2.67 bits per heavy atom. The van der Waals surface area contributed by atoms with Crippen LogP contribution in [0.25, 0.3) is 0 Å². The molecule has 1 rings (SSSR count). The Kier molecular flexibility index (Phi) is 5.65. The molecule has 0 fully saturated rings. The molecular formula is C13H16ClNO3. The first-order valence-electron chi connectivity index (χ1n) is 5.65. The van der Waals surface area contributed by atoms with Crippen molar-refractivity contribution in [1.29, 1.82) is 0 Å². The van der Waals surface area contributed by atoms with Crippen molar-refractivity contribution in [2.75, 3.05) is 12.4 Å². The number of amides is 1. The van der Waals surface area contributed by atoms with E-state index in [1.54, 1.807) is 12.1 Å². The lowest BCUT2D eigenvalue weighted by molar-refractivity contribution is -0.140. The van der Waals surface area contributed by atoms with Crippen molar-refractivity contribution >= 4 is 29.2 Å².